The summed E-state index contributed by atoms with van der Waals surface area (Å²) in [5, 5.41) is 3.41. The zero-order chi connectivity index (χ0) is 13.7. The van der Waals surface area contributed by atoms with E-state index in [-0.39, 0.29) is 0 Å². The van der Waals surface area contributed by atoms with Gasteiger partial charge in [0.2, 0.25) is 0 Å². The molecule has 3 heteroatoms. The maximum absolute atomic E-state index is 3.41. The van der Waals surface area contributed by atoms with E-state index in [1.165, 1.54) is 44.5 Å². The van der Waals surface area contributed by atoms with Crippen LogP contribution in [0.2, 0.25) is 0 Å². The second-order valence-corrected chi connectivity index (χ2v) is 6.10. The fourth-order valence-electron chi connectivity index (χ4n) is 3.11. The van der Waals surface area contributed by atoms with E-state index in [9.17, 15) is 0 Å². The number of likely N-dealkylation sites (tertiary alicyclic amines) is 1. The second-order valence-electron chi connectivity index (χ2n) is 6.10. The van der Waals surface area contributed by atoms with Crippen molar-refractivity contribution < 1.29 is 0 Å². The highest BCUT2D eigenvalue weighted by molar-refractivity contribution is 5.16. The summed E-state index contributed by atoms with van der Waals surface area (Å²) in [6, 6.07) is 2.73. The third-order valence-corrected chi connectivity index (χ3v) is 4.23. The molecule has 1 N–H and O–H groups in total. The SMILES string of the molecule is CNC(c1ccn(CCN2CCCCC2)c1)C(C)C. The van der Waals surface area contributed by atoms with Gasteiger partial charge >= 0.3 is 0 Å². The Morgan fingerprint density at radius 3 is 2.53 bits per heavy atom. The van der Waals surface area contributed by atoms with E-state index in [0.717, 1.165) is 6.54 Å². The smallest absolute Gasteiger partial charge is 0.0355 e. The van der Waals surface area contributed by atoms with Crippen LogP contribution in [0.5, 0.6) is 0 Å². The summed E-state index contributed by atoms with van der Waals surface area (Å²) in [6.07, 6.45) is 8.72. The monoisotopic (exact) mass is 263 g/mol. The van der Waals surface area contributed by atoms with Crippen LogP contribution in [-0.2, 0) is 6.54 Å². The summed E-state index contributed by atoms with van der Waals surface area (Å²) in [6.45, 7) is 9.44. The van der Waals surface area contributed by atoms with Gasteiger partial charge in [-0.2, -0.15) is 0 Å². The van der Waals surface area contributed by atoms with Gasteiger partial charge < -0.3 is 14.8 Å². The molecule has 0 aromatic carbocycles. The average molecular weight is 263 g/mol. The molecule has 0 amide bonds. The molecule has 1 atom stereocenters. The Kier molecular flexibility index (Phi) is 5.46. The van der Waals surface area contributed by atoms with E-state index < -0.39 is 0 Å². The molecule has 2 heterocycles. The molecular formula is C16H29N3. The Hall–Kier alpha value is -0.800. The average Bonchev–Trinajstić information content (AvgIpc) is 2.87. The Bertz CT molecular complexity index is 364. The van der Waals surface area contributed by atoms with Gasteiger partial charge in [0.15, 0.2) is 0 Å². The van der Waals surface area contributed by atoms with Gasteiger partial charge in [-0.05, 0) is 50.5 Å². The number of nitrogens with one attached hydrogen (secondary N) is 1. The molecule has 0 bridgehead atoms. The highest BCUT2D eigenvalue weighted by Crippen LogP contribution is 2.21. The topological polar surface area (TPSA) is 20.2 Å². The van der Waals surface area contributed by atoms with Crippen molar-refractivity contribution in [1.29, 1.82) is 0 Å². The molecule has 108 valence electrons. The predicted molar refractivity (Wildman–Crippen MR) is 81.4 cm³/mol. The summed E-state index contributed by atoms with van der Waals surface area (Å²) >= 11 is 0. The van der Waals surface area contributed by atoms with Gasteiger partial charge in [-0.25, -0.2) is 0 Å². The Morgan fingerprint density at radius 2 is 1.89 bits per heavy atom. The van der Waals surface area contributed by atoms with Crippen molar-refractivity contribution in [2.75, 3.05) is 26.7 Å². The fourth-order valence-corrected chi connectivity index (χ4v) is 3.11. The molecule has 1 unspecified atom stereocenters. The Balaban J connectivity index is 1.86. The van der Waals surface area contributed by atoms with Gasteiger partial charge in [0.25, 0.3) is 0 Å². The van der Waals surface area contributed by atoms with Crippen LogP contribution >= 0.6 is 0 Å². The molecule has 1 fully saturated rings. The number of nitrogens with zero attached hydrogens (tertiary/aromatic N) is 2. The number of hydrogen-bond acceptors (Lipinski definition) is 2. The van der Waals surface area contributed by atoms with Crippen molar-refractivity contribution in [2.24, 2.45) is 5.92 Å². The molecule has 0 saturated carbocycles. The Morgan fingerprint density at radius 1 is 1.16 bits per heavy atom. The van der Waals surface area contributed by atoms with Gasteiger partial charge in [-0.15, -0.1) is 0 Å². The molecule has 0 aliphatic carbocycles. The van der Waals surface area contributed by atoms with Crippen LogP contribution < -0.4 is 5.32 Å². The normalized spacial score (nSPS) is 18.9. The van der Waals surface area contributed by atoms with E-state index in [1.807, 2.05) is 0 Å². The minimum atomic E-state index is 0.469. The minimum absolute atomic E-state index is 0.469. The highest BCUT2D eigenvalue weighted by Gasteiger charge is 2.15. The lowest BCUT2D eigenvalue weighted by molar-refractivity contribution is 0.221. The zero-order valence-corrected chi connectivity index (χ0v) is 12.7. The standard InChI is InChI=1S/C16H29N3/c1-14(2)16(17-3)15-7-10-19(13-15)12-11-18-8-5-4-6-9-18/h7,10,13-14,16-17H,4-6,8-9,11-12H2,1-3H3. The molecule has 0 spiro atoms. The molecular weight excluding hydrogens is 234 g/mol. The highest BCUT2D eigenvalue weighted by atomic mass is 15.1. The second kappa shape index (κ2) is 7.11. The lowest BCUT2D eigenvalue weighted by Gasteiger charge is -2.26. The molecule has 1 aromatic heterocycles. The van der Waals surface area contributed by atoms with Crippen LogP contribution in [0.1, 0.15) is 44.7 Å². The summed E-state index contributed by atoms with van der Waals surface area (Å²) in [7, 11) is 2.05. The largest absolute Gasteiger partial charge is 0.353 e. The van der Waals surface area contributed by atoms with Crippen molar-refractivity contribution in [2.45, 2.75) is 45.7 Å². The first-order valence-corrected chi connectivity index (χ1v) is 7.76. The summed E-state index contributed by atoms with van der Waals surface area (Å²) < 4.78 is 2.34. The molecule has 1 saturated heterocycles. The molecule has 1 aliphatic rings. The van der Waals surface area contributed by atoms with Crippen molar-refractivity contribution in [3.8, 4) is 0 Å². The van der Waals surface area contributed by atoms with Crippen molar-refractivity contribution in [1.82, 2.24) is 14.8 Å². The molecule has 2 rings (SSSR count). The molecule has 1 aliphatic heterocycles. The van der Waals surface area contributed by atoms with Gasteiger partial charge in [0.1, 0.15) is 0 Å². The van der Waals surface area contributed by atoms with E-state index in [1.54, 1.807) is 0 Å². The maximum atomic E-state index is 3.41. The molecule has 1 aromatic rings. The zero-order valence-electron chi connectivity index (χ0n) is 12.7. The fraction of sp³-hybridized carbons (Fsp3) is 0.750. The number of piperidine rings is 1. The number of rotatable bonds is 6. The van der Waals surface area contributed by atoms with Gasteiger partial charge in [0.05, 0.1) is 0 Å². The molecule has 3 nitrogen and oxygen atoms in total. The van der Waals surface area contributed by atoms with Crippen molar-refractivity contribution in [3.05, 3.63) is 24.0 Å². The van der Waals surface area contributed by atoms with Crippen LogP contribution in [0.15, 0.2) is 18.5 Å². The van der Waals surface area contributed by atoms with Crippen LogP contribution in [-0.4, -0.2) is 36.1 Å². The van der Waals surface area contributed by atoms with Crippen LogP contribution in [0.25, 0.3) is 0 Å². The predicted octanol–water partition coefficient (Wildman–Crippen LogP) is 2.89. The van der Waals surface area contributed by atoms with E-state index in [0.29, 0.717) is 12.0 Å². The van der Waals surface area contributed by atoms with Gasteiger partial charge in [0, 0.05) is 31.5 Å². The summed E-state index contributed by atoms with van der Waals surface area (Å²) in [5.41, 5.74) is 1.41. The van der Waals surface area contributed by atoms with Crippen LogP contribution in [0, 0.1) is 5.92 Å². The number of hydrogen-bond donors (Lipinski definition) is 1. The Labute approximate surface area is 118 Å². The van der Waals surface area contributed by atoms with Crippen LogP contribution in [0.3, 0.4) is 0 Å². The minimum Gasteiger partial charge on any atom is -0.353 e. The van der Waals surface area contributed by atoms with E-state index >= 15 is 0 Å². The maximum Gasteiger partial charge on any atom is 0.0355 e. The quantitative estimate of drug-likeness (QED) is 0.851. The van der Waals surface area contributed by atoms with Crippen molar-refractivity contribution >= 4 is 0 Å². The molecule has 0 radical (unpaired) electrons. The third-order valence-electron chi connectivity index (χ3n) is 4.23. The third kappa shape index (κ3) is 4.08. The van der Waals surface area contributed by atoms with E-state index in [4.69, 9.17) is 0 Å². The van der Waals surface area contributed by atoms with E-state index in [2.05, 4.69) is 54.1 Å². The van der Waals surface area contributed by atoms with Crippen molar-refractivity contribution in [3.63, 3.8) is 0 Å². The number of aromatic nitrogens is 1. The first kappa shape index (κ1) is 14.6. The first-order chi connectivity index (χ1) is 9.20. The lowest BCUT2D eigenvalue weighted by atomic mass is 9.99. The summed E-state index contributed by atoms with van der Waals surface area (Å²) in [4.78, 5) is 2.60. The molecule has 19 heavy (non-hydrogen) atoms. The first-order valence-electron chi connectivity index (χ1n) is 7.76. The summed E-state index contributed by atoms with van der Waals surface area (Å²) in [5.74, 6) is 0.628. The van der Waals surface area contributed by atoms with Crippen LogP contribution in [0.4, 0.5) is 0 Å². The van der Waals surface area contributed by atoms with Gasteiger partial charge in [-0.1, -0.05) is 20.3 Å². The van der Waals surface area contributed by atoms with Gasteiger partial charge in [-0.3, -0.25) is 0 Å². The lowest BCUT2D eigenvalue weighted by Crippen LogP contribution is -2.32.